The Balaban J connectivity index is 1.30. The Kier molecular flexibility index (Phi) is 8.00. The highest BCUT2D eigenvalue weighted by Crippen LogP contribution is 2.35. The van der Waals surface area contributed by atoms with Gasteiger partial charge in [0.05, 0.1) is 10.9 Å². The molecule has 1 aromatic heterocycles. The first kappa shape index (κ1) is 27.2. The maximum absolute atomic E-state index is 12.8. The van der Waals surface area contributed by atoms with Crippen molar-refractivity contribution in [2.45, 2.75) is 48.0 Å². The van der Waals surface area contributed by atoms with Crippen molar-refractivity contribution in [3.05, 3.63) is 120 Å². The third kappa shape index (κ3) is 6.25. The summed E-state index contributed by atoms with van der Waals surface area (Å²) >= 11 is 0. The Labute approximate surface area is 238 Å². The van der Waals surface area contributed by atoms with Crippen LogP contribution in [0.3, 0.4) is 0 Å². The summed E-state index contributed by atoms with van der Waals surface area (Å²) in [6, 6.07) is 33.4. The Morgan fingerprint density at radius 3 is 2.02 bits per heavy atom. The van der Waals surface area contributed by atoms with E-state index in [2.05, 4.69) is 77.5 Å². The largest absolute Gasteiger partial charge is 0.481 e. The minimum atomic E-state index is -0.966. The summed E-state index contributed by atoms with van der Waals surface area (Å²) in [4.78, 5) is 19.7. The van der Waals surface area contributed by atoms with Gasteiger partial charge in [-0.05, 0) is 69.2 Å². The van der Waals surface area contributed by atoms with E-state index in [0.29, 0.717) is 5.75 Å². The summed E-state index contributed by atoms with van der Waals surface area (Å²) in [7, 11) is -0.258. The molecule has 0 aliphatic rings. The Hall–Kier alpha value is -4.40. The predicted molar refractivity (Wildman–Crippen MR) is 162 cm³/mol. The standard InChI is InChI=1S/C35H32NO3S/c1-25-21-30(40(28-13-7-5-8-14-28)29-15-9-6-10-16-29)22-26(2)34(25)38-24-33(37)39-35(3,4)20-19-27-23-36-32-18-12-11-17-31(27)32/h5-18,21-23,36H,24H2,1-4H3/q+1. The van der Waals surface area contributed by atoms with Crippen LogP contribution in [0.4, 0.5) is 0 Å². The van der Waals surface area contributed by atoms with E-state index in [1.54, 1.807) is 13.8 Å². The van der Waals surface area contributed by atoms with Crippen molar-refractivity contribution in [2.75, 3.05) is 6.61 Å². The van der Waals surface area contributed by atoms with E-state index in [9.17, 15) is 4.79 Å². The summed E-state index contributed by atoms with van der Waals surface area (Å²) < 4.78 is 11.7. The second-order valence-corrected chi connectivity index (χ2v) is 12.1. The lowest BCUT2D eigenvalue weighted by Crippen LogP contribution is -2.29. The van der Waals surface area contributed by atoms with Crippen LogP contribution in [0, 0.1) is 25.7 Å². The van der Waals surface area contributed by atoms with Gasteiger partial charge >= 0.3 is 5.97 Å². The number of hydrogen-bond donors (Lipinski definition) is 1. The summed E-state index contributed by atoms with van der Waals surface area (Å²) in [6.07, 6.45) is 1.87. The summed E-state index contributed by atoms with van der Waals surface area (Å²) in [6.45, 7) is 7.41. The number of ether oxygens (including phenoxy) is 2. The quantitative estimate of drug-likeness (QED) is 0.130. The third-order valence-corrected chi connectivity index (χ3v) is 8.61. The van der Waals surface area contributed by atoms with Gasteiger partial charge in [-0.2, -0.15) is 0 Å². The van der Waals surface area contributed by atoms with Crippen molar-refractivity contribution in [1.82, 2.24) is 4.98 Å². The fourth-order valence-electron chi connectivity index (χ4n) is 4.64. The van der Waals surface area contributed by atoms with Gasteiger partial charge in [0.2, 0.25) is 0 Å². The highest BCUT2D eigenvalue weighted by molar-refractivity contribution is 7.97. The number of rotatable bonds is 7. The van der Waals surface area contributed by atoms with Gasteiger partial charge in [0.15, 0.2) is 26.9 Å². The number of aromatic amines is 1. The molecule has 5 rings (SSSR count). The normalized spacial score (nSPS) is 11.2. The maximum Gasteiger partial charge on any atom is 0.345 e. The number of para-hydroxylation sites is 1. The number of carbonyl (C=O) groups excluding carboxylic acids is 1. The molecule has 1 N–H and O–H groups in total. The van der Waals surface area contributed by atoms with E-state index in [1.807, 2.05) is 56.4 Å². The first-order chi connectivity index (χ1) is 19.3. The van der Waals surface area contributed by atoms with Crippen molar-refractivity contribution >= 4 is 27.8 Å². The number of esters is 1. The maximum atomic E-state index is 12.8. The smallest absolute Gasteiger partial charge is 0.345 e. The molecule has 200 valence electrons. The van der Waals surface area contributed by atoms with E-state index in [0.717, 1.165) is 27.6 Å². The number of aryl methyl sites for hydroxylation is 2. The van der Waals surface area contributed by atoms with Crippen LogP contribution in [0.25, 0.3) is 10.9 Å². The molecule has 1 heterocycles. The van der Waals surface area contributed by atoms with Gasteiger partial charge in [-0.1, -0.05) is 66.4 Å². The minimum Gasteiger partial charge on any atom is -0.481 e. The highest BCUT2D eigenvalue weighted by Gasteiger charge is 2.30. The lowest BCUT2D eigenvalue weighted by atomic mass is 10.1. The van der Waals surface area contributed by atoms with Crippen LogP contribution in [0.1, 0.15) is 30.5 Å². The number of H-pyrrole nitrogens is 1. The van der Waals surface area contributed by atoms with Crippen molar-refractivity contribution in [1.29, 1.82) is 0 Å². The van der Waals surface area contributed by atoms with E-state index in [1.165, 1.54) is 14.7 Å². The Morgan fingerprint density at radius 2 is 1.40 bits per heavy atom. The van der Waals surface area contributed by atoms with Gasteiger partial charge in [0.25, 0.3) is 0 Å². The molecule has 0 unspecified atom stereocenters. The Morgan fingerprint density at radius 1 is 0.825 bits per heavy atom. The van der Waals surface area contributed by atoms with Gasteiger partial charge in [-0.15, -0.1) is 0 Å². The van der Waals surface area contributed by atoms with E-state index in [4.69, 9.17) is 9.47 Å². The van der Waals surface area contributed by atoms with Crippen LogP contribution in [-0.2, 0) is 20.4 Å². The fraction of sp³-hybridized carbons (Fsp3) is 0.171. The molecule has 4 aromatic carbocycles. The van der Waals surface area contributed by atoms with Crippen molar-refractivity contribution in [3.8, 4) is 17.6 Å². The predicted octanol–water partition coefficient (Wildman–Crippen LogP) is 7.63. The molecule has 0 aliphatic heterocycles. The zero-order chi connectivity index (χ0) is 28.1. The van der Waals surface area contributed by atoms with Crippen molar-refractivity contribution in [2.24, 2.45) is 0 Å². The third-order valence-electron chi connectivity index (χ3n) is 6.42. The Bertz CT molecular complexity index is 1630. The molecule has 0 fully saturated rings. The average Bonchev–Trinajstić information content (AvgIpc) is 3.36. The van der Waals surface area contributed by atoms with E-state index >= 15 is 0 Å². The molecule has 0 saturated heterocycles. The molecule has 4 nitrogen and oxygen atoms in total. The van der Waals surface area contributed by atoms with E-state index in [-0.39, 0.29) is 17.5 Å². The molecule has 0 saturated carbocycles. The zero-order valence-corrected chi connectivity index (χ0v) is 24.0. The van der Waals surface area contributed by atoms with Crippen molar-refractivity contribution in [3.63, 3.8) is 0 Å². The average molecular weight is 547 g/mol. The topological polar surface area (TPSA) is 51.3 Å². The number of carbonyl (C=O) groups is 1. The van der Waals surface area contributed by atoms with Crippen LogP contribution in [0.15, 0.2) is 118 Å². The summed E-state index contributed by atoms with van der Waals surface area (Å²) in [5, 5.41) is 1.04. The molecule has 0 amide bonds. The van der Waals surface area contributed by atoms with Gasteiger partial charge in [-0.3, -0.25) is 0 Å². The number of hydrogen-bond acceptors (Lipinski definition) is 3. The molecule has 5 aromatic rings. The number of nitrogens with one attached hydrogen (secondary N) is 1. The second kappa shape index (κ2) is 11.8. The van der Waals surface area contributed by atoms with Crippen LogP contribution < -0.4 is 4.74 Å². The van der Waals surface area contributed by atoms with Crippen molar-refractivity contribution < 1.29 is 14.3 Å². The van der Waals surface area contributed by atoms with Crippen LogP contribution in [-0.4, -0.2) is 23.2 Å². The monoisotopic (exact) mass is 546 g/mol. The molecular weight excluding hydrogens is 514 g/mol. The summed E-state index contributed by atoms with van der Waals surface area (Å²) in [5.74, 6) is 6.48. The fourth-order valence-corrected chi connectivity index (χ4v) is 6.91. The lowest BCUT2D eigenvalue weighted by molar-refractivity contribution is -0.154. The molecular formula is C35H32NO3S+. The molecule has 0 aliphatic carbocycles. The van der Waals surface area contributed by atoms with Crippen LogP contribution in [0.5, 0.6) is 5.75 Å². The number of aromatic nitrogens is 1. The van der Waals surface area contributed by atoms with Crippen LogP contribution >= 0.6 is 0 Å². The molecule has 0 bridgehead atoms. The second-order valence-electron chi connectivity index (χ2n) is 10.1. The van der Waals surface area contributed by atoms with Crippen LogP contribution in [0.2, 0.25) is 0 Å². The first-order valence-corrected chi connectivity index (χ1v) is 14.4. The highest BCUT2D eigenvalue weighted by atomic mass is 32.2. The SMILES string of the molecule is Cc1cc([S+](c2ccccc2)c2ccccc2)cc(C)c1OCC(=O)OC(C)(C)C#Cc1c[nH]c2ccccc12. The minimum absolute atomic E-state index is 0.192. The van der Waals surface area contributed by atoms with Gasteiger partial charge in [-0.25, -0.2) is 4.79 Å². The number of fused-ring (bicyclic) bond motifs is 1. The lowest BCUT2D eigenvalue weighted by Gasteiger charge is -2.19. The first-order valence-electron chi connectivity index (χ1n) is 13.2. The van der Waals surface area contributed by atoms with Gasteiger partial charge in [0.1, 0.15) is 5.75 Å². The molecule has 40 heavy (non-hydrogen) atoms. The van der Waals surface area contributed by atoms with Gasteiger partial charge in [0, 0.05) is 34.8 Å². The zero-order valence-electron chi connectivity index (χ0n) is 23.2. The molecule has 0 radical (unpaired) electrons. The molecule has 0 atom stereocenters. The van der Waals surface area contributed by atoms with Gasteiger partial charge < -0.3 is 14.5 Å². The summed E-state index contributed by atoms with van der Waals surface area (Å²) in [5.41, 5.74) is 2.88. The molecule has 5 heteroatoms. The number of benzene rings is 4. The van der Waals surface area contributed by atoms with E-state index < -0.39 is 11.6 Å². The molecule has 0 spiro atoms.